The number of amides is 1. The number of carbonyl (C=O) groups is 1. The Balaban J connectivity index is 1.94. The third-order valence-electron chi connectivity index (χ3n) is 4.34. The monoisotopic (exact) mass is 303 g/mol. The number of hydrogen-bond acceptors (Lipinski definition) is 5. The third kappa shape index (κ3) is 3.71. The van der Waals surface area contributed by atoms with Crippen molar-refractivity contribution >= 4 is 15.7 Å². The number of nitrogens with two attached hydrogens (primary N) is 1. The summed E-state index contributed by atoms with van der Waals surface area (Å²) in [5.41, 5.74) is 5.89. The van der Waals surface area contributed by atoms with E-state index in [4.69, 9.17) is 5.73 Å². The molecule has 3 unspecified atom stereocenters. The van der Waals surface area contributed by atoms with Gasteiger partial charge >= 0.3 is 0 Å². The van der Waals surface area contributed by atoms with Gasteiger partial charge in [0.1, 0.15) is 9.84 Å². The van der Waals surface area contributed by atoms with E-state index in [0.29, 0.717) is 6.04 Å². The van der Waals surface area contributed by atoms with E-state index in [-0.39, 0.29) is 24.1 Å². The average Bonchev–Trinajstić information content (AvgIpc) is 2.80. The minimum Gasteiger partial charge on any atom is -0.336 e. The maximum Gasteiger partial charge on any atom is 0.239 e. The van der Waals surface area contributed by atoms with Gasteiger partial charge in [0.25, 0.3) is 0 Å². The maximum absolute atomic E-state index is 12.4. The Labute approximate surface area is 121 Å². The molecule has 0 aliphatic carbocycles. The molecule has 6 nitrogen and oxygen atoms in total. The van der Waals surface area contributed by atoms with E-state index < -0.39 is 15.9 Å². The number of nitrogens with zero attached hydrogens (tertiary/aromatic N) is 2. The van der Waals surface area contributed by atoms with Crippen LogP contribution >= 0.6 is 0 Å². The van der Waals surface area contributed by atoms with Crippen LogP contribution in [-0.2, 0) is 14.6 Å². The second-order valence-electron chi connectivity index (χ2n) is 6.16. The summed E-state index contributed by atoms with van der Waals surface area (Å²) in [6.45, 7) is 4.79. The Hall–Kier alpha value is -0.660. The summed E-state index contributed by atoms with van der Waals surface area (Å²) in [4.78, 5) is 16.7. The number of fused-ring (bicyclic) bond motifs is 1. The molecule has 0 spiro atoms. The van der Waals surface area contributed by atoms with Gasteiger partial charge in [-0.15, -0.1) is 0 Å². The third-order valence-corrected chi connectivity index (χ3v) is 5.31. The van der Waals surface area contributed by atoms with Crippen molar-refractivity contribution in [2.24, 2.45) is 5.73 Å². The van der Waals surface area contributed by atoms with Crippen molar-refractivity contribution in [3.8, 4) is 0 Å². The summed E-state index contributed by atoms with van der Waals surface area (Å²) in [5.74, 6) is -0.134. The fourth-order valence-corrected chi connectivity index (χ4v) is 3.85. The smallest absolute Gasteiger partial charge is 0.239 e. The first-order valence-corrected chi connectivity index (χ1v) is 9.32. The molecular formula is C13H25N3O3S. The zero-order valence-corrected chi connectivity index (χ0v) is 13.1. The molecule has 0 saturated carbocycles. The van der Waals surface area contributed by atoms with E-state index in [1.807, 2.05) is 11.8 Å². The van der Waals surface area contributed by atoms with Crippen molar-refractivity contribution in [3.05, 3.63) is 0 Å². The molecule has 2 N–H and O–H groups in total. The quantitative estimate of drug-likeness (QED) is 0.753. The van der Waals surface area contributed by atoms with Crippen LogP contribution in [-0.4, -0.2) is 73.9 Å². The van der Waals surface area contributed by atoms with Gasteiger partial charge in [0.15, 0.2) is 0 Å². The van der Waals surface area contributed by atoms with Gasteiger partial charge in [0.2, 0.25) is 5.91 Å². The molecule has 2 saturated heterocycles. The van der Waals surface area contributed by atoms with Crippen LogP contribution in [0.3, 0.4) is 0 Å². The minimum atomic E-state index is -3.07. The van der Waals surface area contributed by atoms with Crippen LogP contribution in [0.15, 0.2) is 0 Å². The zero-order chi connectivity index (χ0) is 14.9. The summed E-state index contributed by atoms with van der Waals surface area (Å²) in [7, 11) is -3.07. The van der Waals surface area contributed by atoms with E-state index in [1.165, 1.54) is 12.7 Å². The Bertz CT molecular complexity index is 465. The Morgan fingerprint density at radius 2 is 2.10 bits per heavy atom. The molecule has 2 aliphatic heterocycles. The van der Waals surface area contributed by atoms with Crippen molar-refractivity contribution < 1.29 is 13.2 Å². The molecule has 7 heteroatoms. The van der Waals surface area contributed by atoms with Crippen LogP contribution in [0.4, 0.5) is 0 Å². The predicted octanol–water partition coefficient (Wildman–Crippen LogP) is -0.556. The molecule has 20 heavy (non-hydrogen) atoms. The lowest BCUT2D eigenvalue weighted by molar-refractivity contribution is -0.138. The predicted molar refractivity (Wildman–Crippen MR) is 78.1 cm³/mol. The highest BCUT2D eigenvalue weighted by molar-refractivity contribution is 7.90. The first-order chi connectivity index (χ1) is 9.28. The maximum atomic E-state index is 12.4. The van der Waals surface area contributed by atoms with Gasteiger partial charge in [0.05, 0.1) is 11.8 Å². The SMILES string of the molecule is CC1CN2CCCC2CN1C(=O)C(N)CCS(C)(=O)=O. The molecule has 1 amide bonds. The van der Waals surface area contributed by atoms with E-state index >= 15 is 0 Å². The number of hydrogen-bond donors (Lipinski definition) is 1. The highest BCUT2D eigenvalue weighted by Gasteiger charge is 2.37. The number of carbonyl (C=O) groups excluding carboxylic acids is 1. The van der Waals surface area contributed by atoms with Crippen molar-refractivity contribution in [2.75, 3.05) is 31.6 Å². The normalized spacial score (nSPS) is 29.2. The van der Waals surface area contributed by atoms with Crippen molar-refractivity contribution in [1.82, 2.24) is 9.80 Å². The molecule has 0 bridgehead atoms. The Kier molecular flexibility index (Phi) is 4.71. The van der Waals surface area contributed by atoms with Crippen LogP contribution < -0.4 is 5.73 Å². The van der Waals surface area contributed by atoms with E-state index in [2.05, 4.69) is 4.90 Å². The lowest BCUT2D eigenvalue weighted by atomic mass is 10.1. The van der Waals surface area contributed by atoms with Gasteiger partial charge in [-0.25, -0.2) is 8.42 Å². The largest absolute Gasteiger partial charge is 0.336 e. The molecule has 2 rings (SSSR count). The molecule has 2 heterocycles. The van der Waals surface area contributed by atoms with Gasteiger partial charge in [-0.1, -0.05) is 0 Å². The van der Waals surface area contributed by atoms with Crippen LogP contribution in [0.2, 0.25) is 0 Å². The van der Waals surface area contributed by atoms with Crippen molar-refractivity contribution in [1.29, 1.82) is 0 Å². The summed E-state index contributed by atoms with van der Waals surface area (Å²) in [6.07, 6.45) is 3.70. The lowest BCUT2D eigenvalue weighted by Crippen LogP contribution is -2.59. The number of piperazine rings is 1. The Morgan fingerprint density at radius 3 is 2.75 bits per heavy atom. The van der Waals surface area contributed by atoms with Crippen molar-refractivity contribution in [2.45, 2.75) is 44.3 Å². The van der Waals surface area contributed by atoms with Crippen LogP contribution in [0.25, 0.3) is 0 Å². The molecule has 0 aromatic carbocycles. The minimum absolute atomic E-state index is 0.0301. The second kappa shape index (κ2) is 5.99. The fourth-order valence-electron chi connectivity index (χ4n) is 3.17. The second-order valence-corrected chi connectivity index (χ2v) is 8.42. The molecule has 2 fully saturated rings. The number of rotatable bonds is 4. The highest BCUT2D eigenvalue weighted by atomic mass is 32.2. The average molecular weight is 303 g/mol. The summed E-state index contributed by atoms with van der Waals surface area (Å²) in [5, 5.41) is 0. The van der Waals surface area contributed by atoms with Crippen LogP contribution in [0.5, 0.6) is 0 Å². The van der Waals surface area contributed by atoms with E-state index in [9.17, 15) is 13.2 Å². The van der Waals surface area contributed by atoms with Crippen molar-refractivity contribution in [3.63, 3.8) is 0 Å². The molecule has 2 aliphatic rings. The topological polar surface area (TPSA) is 83.7 Å². The molecular weight excluding hydrogens is 278 g/mol. The molecule has 0 aromatic heterocycles. The molecule has 116 valence electrons. The van der Waals surface area contributed by atoms with Gasteiger partial charge in [0, 0.05) is 31.4 Å². The first-order valence-electron chi connectivity index (χ1n) is 7.26. The fraction of sp³-hybridized carbons (Fsp3) is 0.923. The number of sulfone groups is 1. The molecule has 0 aromatic rings. The van der Waals surface area contributed by atoms with Crippen LogP contribution in [0, 0.1) is 0 Å². The standard InChI is InChI=1S/C13H25N3O3S/c1-10-8-15-6-3-4-11(15)9-16(10)13(17)12(14)5-7-20(2,18)19/h10-12H,3-9,14H2,1-2H3. The summed E-state index contributed by atoms with van der Waals surface area (Å²) >= 11 is 0. The van der Waals surface area contributed by atoms with Gasteiger partial charge in [-0.05, 0) is 32.7 Å². The molecule has 0 radical (unpaired) electrons. The Morgan fingerprint density at radius 1 is 1.40 bits per heavy atom. The summed E-state index contributed by atoms with van der Waals surface area (Å²) < 4.78 is 22.3. The van der Waals surface area contributed by atoms with Gasteiger partial charge in [-0.3, -0.25) is 9.69 Å². The van der Waals surface area contributed by atoms with Gasteiger partial charge < -0.3 is 10.6 Å². The first kappa shape index (κ1) is 15.7. The lowest BCUT2D eigenvalue weighted by Gasteiger charge is -2.43. The van der Waals surface area contributed by atoms with Gasteiger partial charge in [-0.2, -0.15) is 0 Å². The highest BCUT2D eigenvalue weighted by Crippen LogP contribution is 2.25. The van der Waals surface area contributed by atoms with E-state index in [1.54, 1.807) is 0 Å². The molecule has 3 atom stereocenters. The summed E-state index contributed by atoms with van der Waals surface area (Å²) in [6, 6.07) is -0.0986. The zero-order valence-electron chi connectivity index (χ0n) is 12.3. The van der Waals surface area contributed by atoms with E-state index in [0.717, 1.165) is 26.1 Å². The van der Waals surface area contributed by atoms with Crippen LogP contribution in [0.1, 0.15) is 26.2 Å².